The number of guanidine groups is 1. The second-order valence-corrected chi connectivity index (χ2v) is 6.73. The second-order valence-electron chi connectivity index (χ2n) is 5.05. The van der Waals surface area contributed by atoms with E-state index in [-0.39, 0.29) is 10.9 Å². The average molecular weight is 331 g/mol. The van der Waals surface area contributed by atoms with Gasteiger partial charge in [0.2, 0.25) is 5.96 Å². The van der Waals surface area contributed by atoms with Gasteiger partial charge in [-0.05, 0) is 24.3 Å². The number of sulfonamides is 1. The van der Waals surface area contributed by atoms with E-state index in [4.69, 9.17) is 0 Å². The zero-order valence-electron chi connectivity index (χ0n) is 12.4. The molecule has 1 aliphatic heterocycles. The van der Waals surface area contributed by atoms with Crippen LogP contribution in [-0.2, 0) is 16.6 Å². The maximum Gasteiger partial charge on any atom is 0.264 e. The largest absolute Gasteiger partial charge is 0.343 e. The molecule has 7 nitrogen and oxygen atoms in total. The van der Waals surface area contributed by atoms with E-state index in [1.165, 1.54) is 0 Å². The molecule has 2 aromatic rings. The first-order valence-corrected chi connectivity index (χ1v) is 8.60. The summed E-state index contributed by atoms with van der Waals surface area (Å²) in [6.07, 6.45) is 1.75. The molecule has 2 N–H and O–H groups in total. The predicted octanol–water partition coefficient (Wildman–Crippen LogP) is 0.736. The average Bonchev–Trinajstić information content (AvgIpc) is 2.58. The summed E-state index contributed by atoms with van der Waals surface area (Å²) in [5.74, 6) is 0.256. The molecular formula is C15H17N5O2S. The highest BCUT2D eigenvalue weighted by atomic mass is 32.2. The standard InChI is InChI=1S/C15H17N5O2S/c21-23(22,14-7-2-1-3-8-14)19-15-17-11-20(12-18-15)10-13-6-4-5-9-16-13/h1-9H,10-12H2,(H2,17,18,19). The number of benzene rings is 1. The van der Waals surface area contributed by atoms with Crippen molar-refractivity contribution < 1.29 is 8.42 Å². The van der Waals surface area contributed by atoms with Crippen LogP contribution in [0.4, 0.5) is 0 Å². The molecule has 23 heavy (non-hydrogen) atoms. The summed E-state index contributed by atoms with van der Waals surface area (Å²) in [6.45, 7) is 1.54. The van der Waals surface area contributed by atoms with E-state index in [0.717, 1.165) is 5.69 Å². The van der Waals surface area contributed by atoms with Crippen molar-refractivity contribution in [2.75, 3.05) is 13.3 Å². The zero-order valence-corrected chi connectivity index (χ0v) is 13.2. The van der Waals surface area contributed by atoms with Crippen molar-refractivity contribution in [2.24, 2.45) is 4.99 Å². The van der Waals surface area contributed by atoms with Crippen LogP contribution < -0.4 is 10.0 Å². The van der Waals surface area contributed by atoms with Gasteiger partial charge in [-0.2, -0.15) is 0 Å². The monoisotopic (exact) mass is 331 g/mol. The van der Waals surface area contributed by atoms with Crippen LogP contribution in [-0.4, -0.2) is 37.6 Å². The van der Waals surface area contributed by atoms with Gasteiger partial charge in [-0.3, -0.25) is 9.88 Å². The Hall–Kier alpha value is -2.45. The maximum absolute atomic E-state index is 12.2. The molecule has 0 amide bonds. The van der Waals surface area contributed by atoms with E-state index in [2.05, 4.69) is 20.0 Å². The molecule has 0 spiro atoms. The van der Waals surface area contributed by atoms with E-state index in [1.54, 1.807) is 36.5 Å². The van der Waals surface area contributed by atoms with E-state index in [0.29, 0.717) is 19.9 Å². The molecule has 0 aliphatic carbocycles. The van der Waals surface area contributed by atoms with E-state index in [9.17, 15) is 8.42 Å². The van der Waals surface area contributed by atoms with E-state index in [1.807, 2.05) is 23.1 Å². The van der Waals surface area contributed by atoms with Gasteiger partial charge >= 0.3 is 0 Å². The number of nitrogens with zero attached hydrogens (tertiary/aromatic N) is 3. The quantitative estimate of drug-likeness (QED) is 0.863. The summed E-state index contributed by atoms with van der Waals surface area (Å²) < 4.78 is 26.9. The lowest BCUT2D eigenvalue weighted by Crippen LogP contribution is -2.49. The van der Waals surface area contributed by atoms with Gasteiger partial charge in [-0.15, -0.1) is 0 Å². The minimum absolute atomic E-state index is 0.209. The maximum atomic E-state index is 12.2. The Morgan fingerprint density at radius 3 is 2.57 bits per heavy atom. The Morgan fingerprint density at radius 2 is 1.91 bits per heavy atom. The van der Waals surface area contributed by atoms with E-state index < -0.39 is 10.0 Å². The van der Waals surface area contributed by atoms with Gasteiger partial charge in [0.25, 0.3) is 10.0 Å². The van der Waals surface area contributed by atoms with Crippen LogP contribution in [0, 0.1) is 0 Å². The van der Waals surface area contributed by atoms with Gasteiger partial charge in [-0.25, -0.2) is 18.1 Å². The normalized spacial score (nSPS) is 15.6. The molecule has 2 heterocycles. The Bertz CT molecular complexity index is 778. The van der Waals surface area contributed by atoms with Crippen LogP contribution in [0.2, 0.25) is 0 Å². The number of nitrogens with one attached hydrogen (secondary N) is 2. The Labute approximate surface area is 135 Å². The summed E-state index contributed by atoms with van der Waals surface area (Å²) in [7, 11) is -3.61. The number of hydrogen-bond acceptors (Lipinski definition) is 6. The molecule has 0 fully saturated rings. The molecule has 1 aromatic heterocycles. The molecule has 0 atom stereocenters. The number of pyridine rings is 1. The number of aromatic nitrogens is 1. The lowest BCUT2D eigenvalue weighted by molar-refractivity contribution is 0.252. The summed E-state index contributed by atoms with van der Waals surface area (Å²) in [5.41, 5.74) is 0.942. The van der Waals surface area contributed by atoms with Gasteiger partial charge < -0.3 is 5.32 Å². The smallest absolute Gasteiger partial charge is 0.264 e. The third-order valence-electron chi connectivity index (χ3n) is 3.30. The Kier molecular flexibility index (Phi) is 4.54. The van der Waals surface area contributed by atoms with Crippen molar-refractivity contribution in [3.05, 3.63) is 60.4 Å². The van der Waals surface area contributed by atoms with Crippen LogP contribution in [0.1, 0.15) is 5.69 Å². The van der Waals surface area contributed by atoms with Crippen molar-refractivity contribution in [1.82, 2.24) is 19.9 Å². The first-order valence-electron chi connectivity index (χ1n) is 7.12. The highest BCUT2D eigenvalue weighted by molar-refractivity contribution is 7.90. The molecule has 0 radical (unpaired) electrons. The molecule has 0 saturated carbocycles. The van der Waals surface area contributed by atoms with Gasteiger partial charge in [0.05, 0.1) is 23.9 Å². The fourth-order valence-corrected chi connectivity index (χ4v) is 3.17. The van der Waals surface area contributed by atoms with Crippen molar-refractivity contribution in [3.63, 3.8) is 0 Å². The highest BCUT2D eigenvalue weighted by Gasteiger charge is 2.19. The van der Waals surface area contributed by atoms with Crippen molar-refractivity contribution in [2.45, 2.75) is 11.4 Å². The highest BCUT2D eigenvalue weighted by Crippen LogP contribution is 2.08. The van der Waals surface area contributed by atoms with Crippen molar-refractivity contribution in [3.8, 4) is 0 Å². The third kappa shape index (κ3) is 4.05. The molecule has 8 heteroatoms. The topological polar surface area (TPSA) is 86.7 Å². The van der Waals surface area contributed by atoms with Crippen molar-refractivity contribution in [1.29, 1.82) is 0 Å². The second kappa shape index (κ2) is 6.76. The number of rotatable bonds is 4. The fourth-order valence-electron chi connectivity index (χ4n) is 2.14. The van der Waals surface area contributed by atoms with Crippen LogP contribution in [0.15, 0.2) is 64.6 Å². The fraction of sp³-hybridized carbons (Fsp3) is 0.200. The summed E-state index contributed by atoms with van der Waals surface area (Å²) in [5, 5.41) is 2.97. The predicted molar refractivity (Wildman–Crippen MR) is 86.8 cm³/mol. The molecule has 120 valence electrons. The molecular weight excluding hydrogens is 314 g/mol. The van der Waals surface area contributed by atoms with Gasteiger partial charge in [0.15, 0.2) is 0 Å². The number of hydrogen-bond donors (Lipinski definition) is 2. The van der Waals surface area contributed by atoms with Gasteiger partial charge in [-0.1, -0.05) is 24.3 Å². The third-order valence-corrected chi connectivity index (χ3v) is 4.65. The Balaban J connectivity index is 1.61. The Morgan fingerprint density at radius 1 is 1.13 bits per heavy atom. The van der Waals surface area contributed by atoms with Gasteiger partial charge in [0, 0.05) is 12.7 Å². The first-order chi connectivity index (χ1) is 11.1. The van der Waals surface area contributed by atoms with Crippen LogP contribution in [0.5, 0.6) is 0 Å². The number of aliphatic imine (C=N–C) groups is 1. The SMILES string of the molecule is O=S(=O)(NC1=NCN(Cc2ccccn2)CN1)c1ccccc1. The lowest BCUT2D eigenvalue weighted by atomic mass is 10.3. The minimum Gasteiger partial charge on any atom is -0.343 e. The first kappa shape index (κ1) is 15.4. The summed E-state index contributed by atoms with van der Waals surface area (Å²) >= 11 is 0. The molecule has 3 rings (SSSR count). The molecule has 1 aromatic carbocycles. The van der Waals surface area contributed by atoms with Crippen molar-refractivity contribution >= 4 is 16.0 Å². The van der Waals surface area contributed by atoms with Crippen LogP contribution in [0.25, 0.3) is 0 Å². The molecule has 0 unspecified atom stereocenters. The van der Waals surface area contributed by atoms with Gasteiger partial charge in [0.1, 0.15) is 0 Å². The minimum atomic E-state index is -3.61. The molecule has 1 aliphatic rings. The van der Waals surface area contributed by atoms with Crippen LogP contribution in [0.3, 0.4) is 0 Å². The van der Waals surface area contributed by atoms with Crippen LogP contribution >= 0.6 is 0 Å². The summed E-state index contributed by atoms with van der Waals surface area (Å²) in [6, 6.07) is 14.0. The zero-order chi connectivity index (χ0) is 16.1. The lowest BCUT2D eigenvalue weighted by Gasteiger charge is -2.26. The molecule has 0 bridgehead atoms. The molecule has 0 saturated heterocycles. The van der Waals surface area contributed by atoms with E-state index >= 15 is 0 Å². The summed E-state index contributed by atoms with van der Waals surface area (Å²) in [4.78, 5) is 10.7.